The normalized spacial score (nSPS) is 35.7. The second kappa shape index (κ2) is 12.3. The van der Waals surface area contributed by atoms with Crippen LogP contribution in [0, 0.1) is 56.2 Å². The van der Waals surface area contributed by atoms with Crippen LogP contribution < -0.4 is 0 Å². The monoisotopic (exact) mass is 549 g/mol. The molecular formula is C37H72O2. The first kappa shape index (κ1) is 35.1. The molecule has 3 unspecified atom stereocenters. The fourth-order valence-corrected chi connectivity index (χ4v) is 7.27. The van der Waals surface area contributed by atoms with Crippen LogP contribution in [-0.4, -0.2) is 25.4 Å². The molecule has 2 aliphatic heterocycles. The van der Waals surface area contributed by atoms with Crippen LogP contribution in [0.2, 0.25) is 0 Å². The summed E-state index contributed by atoms with van der Waals surface area (Å²) in [6.45, 7) is 39.3. The molecule has 0 radical (unpaired) electrons. The molecule has 2 aliphatic carbocycles. The lowest BCUT2D eigenvalue weighted by Gasteiger charge is -2.41. The molecule has 0 aromatic rings. The van der Waals surface area contributed by atoms with E-state index in [1.54, 1.807) is 0 Å². The third-order valence-corrected chi connectivity index (χ3v) is 10.9. The first-order chi connectivity index (χ1) is 17.4. The molecule has 2 saturated carbocycles. The number of hydrogen-bond donors (Lipinski definition) is 0. The second-order valence-electron chi connectivity index (χ2n) is 19.7. The van der Waals surface area contributed by atoms with Gasteiger partial charge in [-0.1, -0.05) is 111 Å². The van der Waals surface area contributed by atoms with E-state index in [4.69, 9.17) is 9.47 Å². The van der Waals surface area contributed by atoms with Crippen molar-refractivity contribution in [3.63, 3.8) is 0 Å². The highest BCUT2D eigenvalue weighted by Crippen LogP contribution is 2.62. The molecular weight excluding hydrogens is 476 g/mol. The zero-order valence-electron chi connectivity index (χ0n) is 29.6. The molecule has 2 nitrogen and oxygen atoms in total. The van der Waals surface area contributed by atoms with Crippen molar-refractivity contribution in [2.24, 2.45) is 56.2 Å². The van der Waals surface area contributed by atoms with Gasteiger partial charge in [0.05, 0.1) is 25.4 Å². The Labute approximate surface area is 246 Å². The maximum atomic E-state index is 5.98. The van der Waals surface area contributed by atoms with Crippen molar-refractivity contribution in [2.75, 3.05) is 13.2 Å². The summed E-state index contributed by atoms with van der Waals surface area (Å²) in [5.41, 5.74) is 2.69. The zero-order valence-corrected chi connectivity index (χ0v) is 29.6. The van der Waals surface area contributed by atoms with E-state index >= 15 is 0 Å². The molecule has 4 fully saturated rings. The number of hydrogen-bond acceptors (Lipinski definition) is 2. The van der Waals surface area contributed by atoms with Crippen molar-refractivity contribution < 1.29 is 9.47 Å². The summed E-state index contributed by atoms with van der Waals surface area (Å²) in [5.74, 6) is 3.52. The Morgan fingerprint density at radius 2 is 0.897 bits per heavy atom. The van der Waals surface area contributed by atoms with Gasteiger partial charge in [-0.3, -0.25) is 0 Å². The molecule has 2 heterocycles. The SMILES string of the molecule is CC(C)(C)C1CCC(C(C)(C)C)CC1.CC(C)(C)C1CCC(C(C)(C)C)OC1.CC(C)(C)C1OC[C@@]2(C)C[C@@H]12. The Morgan fingerprint density at radius 3 is 1.10 bits per heavy atom. The third kappa shape index (κ3) is 10.3. The van der Waals surface area contributed by atoms with Crippen molar-refractivity contribution in [3.8, 4) is 0 Å². The maximum Gasteiger partial charge on any atom is 0.0658 e. The van der Waals surface area contributed by atoms with Crippen LogP contribution in [0.15, 0.2) is 0 Å². The Hall–Kier alpha value is -0.0800. The summed E-state index contributed by atoms with van der Waals surface area (Å²) >= 11 is 0. The van der Waals surface area contributed by atoms with Crippen LogP contribution in [0.4, 0.5) is 0 Å². The fraction of sp³-hybridized carbons (Fsp3) is 1.00. The quantitative estimate of drug-likeness (QED) is 0.300. The predicted molar refractivity (Wildman–Crippen MR) is 171 cm³/mol. The van der Waals surface area contributed by atoms with Gasteiger partial charge in [0.15, 0.2) is 0 Å². The molecule has 2 heteroatoms. The van der Waals surface area contributed by atoms with Gasteiger partial charge in [-0.25, -0.2) is 0 Å². The molecule has 0 N–H and O–H groups in total. The first-order valence-electron chi connectivity index (χ1n) is 16.6. The summed E-state index contributed by atoms with van der Waals surface area (Å²) < 4.78 is 11.8. The molecule has 4 aliphatic rings. The standard InChI is InChI=1S/C14H28.C13H26O.C10H18O/c1-13(2,3)11-7-9-12(10-8-11)14(4,5)6;1-12(2,3)10-7-8-11(14-9-10)13(4,5)6;1-9(2,3)8-7-5-10(7,4)6-11-8/h11-12H,7-10H2,1-6H3;10-11H,7-9H2,1-6H3;7-8H,5-6H2,1-4H3/t;;7-,8?,10+/m..0/s1. The largest absolute Gasteiger partial charge is 0.377 e. The molecule has 0 aromatic heterocycles. The summed E-state index contributed by atoms with van der Waals surface area (Å²) in [6, 6.07) is 0. The predicted octanol–water partition coefficient (Wildman–Crippen LogP) is 11.2. The zero-order chi connectivity index (χ0) is 30.2. The Kier molecular flexibility index (Phi) is 11.0. The van der Waals surface area contributed by atoms with E-state index < -0.39 is 0 Å². The fourth-order valence-electron chi connectivity index (χ4n) is 7.27. The lowest BCUT2D eigenvalue weighted by molar-refractivity contribution is -0.0908. The molecule has 0 aromatic carbocycles. The van der Waals surface area contributed by atoms with Crippen molar-refractivity contribution in [3.05, 3.63) is 0 Å². The summed E-state index contributed by atoms with van der Waals surface area (Å²) in [6.07, 6.45) is 10.7. The van der Waals surface area contributed by atoms with Crippen LogP contribution in [0.3, 0.4) is 0 Å². The van der Waals surface area contributed by atoms with Gasteiger partial charge in [0.1, 0.15) is 0 Å². The number of fused-ring (bicyclic) bond motifs is 1. The molecule has 4 rings (SSSR count). The lowest BCUT2D eigenvalue weighted by atomic mass is 9.64. The molecule has 0 amide bonds. The van der Waals surface area contributed by atoms with E-state index in [0.29, 0.717) is 44.7 Å². The smallest absolute Gasteiger partial charge is 0.0658 e. The van der Waals surface area contributed by atoms with Crippen LogP contribution in [0.25, 0.3) is 0 Å². The molecule has 232 valence electrons. The van der Waals surface area contributed by atoms with Crippen molar-refractivity contribution in [1.29, 1.82) is 0 Å². The van der Waals surface area contributed by atoms with Crippen LogP contribution in [0.5, 0.6) is 0 Å². The molecule has 0 spiro atoms. The minimum Gasteiger partial charge on any atom is -0.377 e. The average molecular weight is 549 g/mol. The van der Waals surface area contributed by atoms with Crippen LogP contribution >= 0.6 is 0 Å². The highest BCUT2D eigenvalue weighted by molar-refractivity contribution is 5.09. The van der Waals surface area contributed by atoms with E-state index in [0.717, 1.165) is 36.9 Å². The van der Waals surface area contributed by atoms with Gasteiger partial charge in [0.2, 0.25) is 0 Å². The van der Waals surface area contributed by atoms with Gasteiger partial charge in [0.25, 0.3) is 0 Å². The van der Waals surface area contributed by atoms with E-state index in [9.17, 15) is 0 Å². The second-order valence-corrected chi connectivity index (χ2v) is 19.7. The van der Waals surface area contributed by atoms with Crippen molar-refractivity contribution in [1.82, 2.24) is 0 Å². The highest BCUT2D eigenvalue weighted by atomic mass is 16.5. The Morgan fingerprint density at radius 1 is 0.487 bits per heavy atom. The van der Waals surface area contributed by atoms with Crippen LogP contribution in [-0.2, 0) is 9.47 Å². The summed E-state index contributed by atoms with van der Waals surface area (Å²) in [4.78, 5) is 0. The number of ether oxygens (including phenoxy) is 2. The summed E-state index contributed by atoms with van der Waals surface area (Å²) in [5, 5.41) is 0. The van der Waals surface area contributed by atoms with E-state index in [-0.39, 0.29) is 0 Å². The van der Waals surface area contributed by atoms with Crippen LogP contribution in [0.1, 0.15) is 156 Å². The summed E-state index contributed by atoms with van der Waals surface area (Å²) in [7, 11) is 0. The Balaban J connectivity index is 0.000000206. The lowest BCUT2D eigenvalue weighted by Crippen LogP contribution is -2.39. The average Bonchev–Trinajstić information content (AvgIpc) is 3.30. The minimum absolute atomic E-state index is 0.308. The minimum atomic E-state index is 0.308. The third-order valence-electron chi connectivity index (χ3n) is 10.9. The molecule has 2 saturated heterocycles. The molecule has 0 bridgehead atoms. The van der Waals surface area contributed by atoms with Crippen molar-refractivity contribution in [2.45, 2.75) is 168 Å². The van der Waals surface area contributed by atoms with Crippen molar-refractivity contribution >= 4 is 0 Å². The van der Waals surface area contributed by atoms with E-state index in [1.165, 1.54) is 44.9 Å². The van der Waals surface area contributed by atoms with E-state index in [1.807, 2.05) is 0 Å². The number of rotatable bonds is 0. The highest BCUT2D eigenvalue weighted by Gasteiger charge is 2.62. The van der Waals surface area contributed by atoms with Gasteiger partial charge >= 0.3 is 0 Å². The maximum absolute atomic E-state index is 5.98. The topological polar surface area (TPSA) is 18.5 Å². The van der Waals surface area contributed by atoms with Gasteiger partial charge in [-0.05, 0) is 101 Å². The van der Waals surface area contributed by atoms with Gasteiger partial charge in [-0.2, -0.15) is 0 Å². The molecule has 39 heavy (non-hydrogen) atoms. The van der Waals surface area contributed by atoms with Gasteiger partial charge < -0.3 is 9.47 Å². The first-order valence-corrected chi connectivity index (χ1v) is 16.6. The van der Waals surface area contributed by atoms with Gasteiger partial charge in [0, 0.05) is 0 Å². The van der Waals surface area contributed by atoms with Gasteiger partial charge in [-0.15, -0.1) is 0 Å². The Bertz CT molecular complexity index is 643. The molecule has 5 atom stereocenters. The van der Waals surface area contributed by atoms with E-state index in [2.05, 4.69) is 111 Å².